The van der Waals surface area contributed by atoms with Crippen LogP contribution in [0.1, 0.15) is 26.3 Å². The van der Waals surface area contributed by atoms with E-state index in [9.17, 15) is 4.79 Å². The van der Waals surface area contributed by atoms with E-state index in [-0.39, 0.29) is 11.4 Å². The molecule has 0 aliphatic carbocycles. The molecule has 2 aromatic rings. The number of carbonyl (C=O) groups excluding carboxylic acids is 1. The number of nitrogens with one attached hydrogen (secondary N) is 2. The number of hydrogen-bond acceptors (Lipinski definition) is 3. The van der Waals surface area contributed by atoms with Crippen LogP contribution in [0.3, 0.4) is 0 Å². The third-order valence-electron chi connectivity index (χ3n) is 3.72. The summed E-state index contributed by atoms with van der Waals surface area (Å²) >= 11 is 0. The minimum atomic E-state index is -0.248. The Bertz CT molecular complexity index is 674. The van der Waals surface area contributed by atoms with Crippen molar-refractivity contribution in [2.24, 2.45) is 0 Å². The second-order valence-corrected chi connectivity index (χ2v) is 6.73. The van der Waals surface area contributed by atoms with Crippen molar-refractivity contribution in [3.05, 3.63) is 54.1 Å². The summed E-state index contributed by atoms with van der Waals surface area (Å²) in [6, 6.07) is 15.0. The van der Waals surface area contributed by atoms with E-state index in [0.717, 1.165) is 17.2 Å². The van der Waals surface area contributed by atoms with Crippen molar-refractivity contribution in [3.63, 3.8) is 0 Å². The Morgan fingerprint density at radius 2 is 1.56 bits per heavy atom. The average Bonchev–Trinajstić information content (AvgIpc) is 2.59. The molecule has 0 aromatic heterocycles. The van der Waals surface area contributed by atoms with Crippen LogP contribution in [0.2, 0.25) is 0 Å². The Morgan fingerprint density at radius 3 is 2.12 bits per heavy atom. The summed E-state index contributed by atoms with van der Waals surface area (Å²) in [6.45, 7) is 7.28. The van der Waals surface area contributed by atoms with Crippen molar-refractivity contribution >= 4 is 11.7 Å². The zero-order valence-electron chi connectivity index (χ0n) is 15.3. The highest BCUT2D eigenvalue weighted by atomic mass is 16.5. The van der Waals surface area contributed by atoms with Gasteiger partial charge in [0.2, 0.25) is 0 Å². The van der Waals surface area contributed by atoms with Gasteiger partial charge in [-0.05, 0) is 47.4 Å². The second kappa shape index (κ2) is 8.42. The summed E-state index contributed by atoms with van der Waals surface area (Å²) in [5.74, 6) is 1.52. The van der Waals surface area contributed by atoms with Gasteiger partial charge in [0, 0.05) is 5.69 Å². The molecule has 0 unspecified atom stereocenters. The molecule has 0 aliphatic heterocycles. The van der Waals surface area contributed by atoms with Crippen molar-refractivity contribution in [1.82, 2.24) is 5.32 Å². The maximum absolute atomic E-state index is 11.9. The molecule has 0 aliphatic rings. The number of amides is 2. The number of anilines is 1. The number of hydrogen-bond donors (Lipinski definition) is 2. The van der Waals surface area contributed by atoms with E-state index in [1.54, 1.807) is 7.11 Å². The predicted molar refractivity (Wildman–Crippen MR) is 101 cm³/mol. The molecule has 0 atom stereocenters. The first kappa shape index (κ1) is 18.6. The van der Waals surface area contributed by atoms with Crippen LogP contribution < -0.4 is 20.1 Å². The SMILES string of the molecule is COc1ccc(OCCNC(=O)Nc2ccc(C(C)(C)C)cc2)cc1. The molecule has 0 spiro atoms. The fourth-order valence-corrected chi connectivity index (χ4v) is 2.23. The molecule has 0 heterocycles. The highest BCUT2D eigenvalue weighted by Crippen LogP contribution is 2.23. The molecule has 2 N–H and O–H groups in total. The summed E-state index contributed by atoms with van der Waals surface area (Å²) in [5, 5.41) is 5.58. The lowest BCUT2D eigenvalue weighted by molar-refractivity contribution is 0.247. The minimum absolute atomic E-state index is 0.0968. The van der Waals surface area contributed by atoms with Crippen molar-refractivity contribution in [2.75, 3.05) is 25.6 Å². The smallest absolute Gasteiger partial charge is 0.319 e. The van der Waals surface area contributed by atoms with Gasteiger partial charge in [-0.25, -0.2) is 4.79 Å². The van der Waals surface area contributed by atoms with Gasteiger partial charge in [-0.3, -0.25) is 0 Å². The van der Waals surface area contributed by atoms with Gasteiger partial charge in [0.1, 0.15) is 18.1 Å². The second-order valence-electron chi connectivity index (χ2n) is 6.73. The van der Waals surface area contributed by atoms with Crippen molar-refractivity contribution in [2.45, 2.75) is 26.2 Å². The standard InChI is InChI=1S/C20H26N2O3/c1-20(2,3)15-5-7-16(8-6-15)22-19(23)21-13-14-25-18-11-9-17(24-4)10-12-18/h5-12H,13-14H2,1-4H3,(H2,21,22,23). The van der Waals surface area contributed by atoms with Crippen LogP contribution in [-0.4, -0.2) is 26.3 Å². The van der Waals surface area contributed by atoms with E-state index >= 15 is 0 Å². The molecule has 2 rings (SSSR count). The first-order chi connectivity index (χ1) is 11.9. The number of benzene rings is 2. The number of methoxy groups -OCH3 is 1. The fourth-order valence-electron chi connectivity index (χ4n) is 2.23. The largest absolute Gasteiger partial charge is 0.497 e. The van der Waals surface area contributed by atoms with Gasteiger partial charge >= 0.3 is 6.03 Å². The van der Waals surface area contributed by atoms with Crippen molar-refractivity contribution < 1.29 is 14.3 Å². The molecule has 25 heavy (non-hydrogen) atoms. The van der Waals surface area contributed by atoms with Gasteiger partial charge in [-0.15, -0.1) is 0 Å². The molecule has 5 heteroatoms. The molecule has 0 fully saturated rings. The molecular formula is C20H26N2O3. The van der Waals surface area contributed by atoms with Crippen LogP contribution in [0.5, 0.6) is 11.5 Å². The third kappa shape index (κ3) is 6.03. The monoisotopic (exact) mass is 342 g/mol. The van der Waals surface area contributed by atoms with Crippen LogP contribution in [-0.2, 0) is 5.41 Å². The van der Waals surface area contributed by atoms with Gasteiger partial charge in [0.25, 0.3) is 0 Å². The van der Waals surface area contributed by atoms with Gasteiger partial charge in [-0.1, -0.05) is 32.9 Å². The Labute approximate surface area is 149 Å². The zero-order chi connectivity index (χ0) is 18.3. The maximum atomic E-state index is 11.9. The van der Waals surface area contributed by atoms with Crippen LogP contribution >= 0.6 is 0 Å². The van der Waals surface area contributed by atoms with Crippen LogP contribution in [0.15, 0.2) is 48.5 Å². The van der Waals surface area contributed by atoms with Crippen molar-refractivity contribution in [3.8, 4) is 11.5 Å². The Morgan fingerprint density at radius 1 is 0.960 bits per heavy atom. The molecule has 2 aromatic carbocycles. The van der Waals surface area contributed by atoms with Gasteiger partial charge in [0.15, 0.2) is 0 Å². The molecule has 0 radical (unpaired) electrons. The van der Waals surface area contributed by atoms with Crippen molar-refractivity contribution in [1.29, 1.82) is 0 Å². The average molecular weight is 342 g/mol. The molecule has 0 saturated carbocycles. The van der Waals surface area contributed by atoms with E-state index in [1.165, 1.54) is 5.56 Å². The Hall–Kier alpha value is -2.69. The summed E-state index contributed by atoms with van der Waals surface area (Å²) in [5.41, 5.74) is 2.09. The maximum Gasteiger partial charge on any atom is 0.319 e. The Kier molecular flexibility index (Phi) is 6.28. The highest BCUT2D eigenvalue weighted by Gasteiger charge is 2.13. The summed E-state index contributed by atoms with van der Waals surface area (Å²) in [4.78, 5) is 11.9. The van der Waals surface area contributed by atoms with Gasteiger partial charge in [0.05, 0.1) is 13.7 Å². The van der Waals surface area contributed by atoms with E-state index in [4.69, 9.17) is 9.47 Å². The minimum Gasteiger partial charge on any atom is -0.497 e. The molecule has 5 nitrogen and oxygen atoms in total. The van der Waals surface area contributed by atoms with Crippen LogP contribution in [0, 0.1) is 0 Å². The number of urea groups is 1. The number of ether oxygens (including phenoxy) is 2. The van der Waals surface area contributed by atoms with E-state index in [1.807, 2.05) is 48.5 Å². The summed E-state index contributed by atoms with van der Waals surface area (Å²) in [7, 11) is 1.62. The zero-order valence-corrected chi connectivity index (χ0v) is 15.3. The van der Waals surface area contributed by atoms with Crippen LogP contribution in [0.4, 0.5) is 10.5 Å². The molecule has 134 valence electrons. The molecule has 0 bridgehead atoms. The summed E-state index contributed by atoms with van der Waals surface area (Å²) in [6.07, 6.45) is 0. The van der Waals surface area contributed by atoms with E-state index in [0.29, 0.717) is 13.2 Å². The summed E-state index contributed by atoms with van der Waals surface area (Å²) < 4.78 is 10.6. The predicted octanol–water partition coefficient (Wildman–Crippen LogP) is 4.19. The number of carbonyl (C=O) groups is 1. The number of rotatable bonds is 6. The lowest BCUT2D eigenvalue weighted by Crippen LogP contribution is -2.32. The topological polar surface area (TPSA) is 59.6 Å². The van der Waals surface area contributed by atoms with E-state index < -0.39 is 0 Å². The third-order valence-corrected chi connectivity index (χ3v) is 3.72. The molecule has 0 saturated heterocycles. The Balaban J connectivity index is 1.71. The highest BCUT2D eigenvalue weighted by molar-refractivity contribution is 5.89. The normalized spacial score (nSPS) is 10.9. The first-order valence-electron chi connectivity index (χ1n) is 8.31. The lowest BCUT2D eigenvalue weighted by atomic mass is 9.87. The van der Waals surface area contributed by atoms with Crippen LogP contribution in [0.25, 0.3) is 0 Å². The van der Waals surface area contributed by atoms with Gasteiger partial charge in [-0.2, -0.15) is 0 Å². The lowest BCUT2D eigenvalue weighted by Gasteiger charge is -2.19. The fraction of sp³-hybridized carbons (Fsp3) is 0.350. The quantitative estimate of drug-likeness (QED) is 0.774. The molecular weight excluding hydrogens is 316 g/mol. The van der Waals surface area contributed by atoms with Gasteiger partial charge < -0.3 is 20.1 Å². The van der Waals surface area contributed by atoms with E-state index in [2.05, 4.69) is 31.4 Å². The first-order valence-corrected chi connectivity index (χ1v) is 8.31. The molecule has 2 amide bonds.